The van der Waals surface area contributed by atoms with Gasteiger partial charge >= 0.3 is 0 Å². The van der Waals surface area contributed by atoms with E-state index >= 15 is 4.39 Å². The number of aliphatic hydroxyl groups is 1. The molecule has 4 N–H and O–H groups in total. The smallest absolute Gasteiger partial charge is 0.251 e. The number of hydrogen-bond acceptors (Lipinski definition) is 12. The number of amides is 4. The van der Waals surface area contributed by atoms with Crippen LogP contribution in [0.5, 0.6) is 5.75 Å². The minimum absolute atomic E-state index is 0.0168. The molecule has 4 fully saturated rings. The summed E-state index contributed by atoms with van der Waals surface area (Å²) in [6, 6.07) is 9.97. The van der Waals surface area contributed by atoms with Gasteiger partial charge in [-0.3, -0.25) is 24.5 Å². The van der Waals surface area contributed by atoms with Gasteiger partial charge in [-0.1, -0.05) is 13.0 Å². The number of rotatable bonds is 11. The Hall–Kier alpha value is -5.35. The maximum absolute atomic E-state index is 15.3. The Labute approximate surface area is 356 Å². The standard InChI is InChI=1S/C45H58FN9O6/c1-6-34-42(59)52(4)36-25-47-43(51-39(36)55(34)27(2)3)49-33-10-7-29(22-37(33)61-5)40(57)48-30-23-44(24-30)13-17-53(18-14-44)26-45(60)15-19-54(20-16-45)35-11-8-28(21-32(35)46)31-9-12-38(56)50-41(31)58/h7-8,10-11,21-22,25,27,30-31,34,60H,6,9,12-20,23-24,26H2,1-5H3,(H,48,57)(H,47,49,51)(H,50,56,58)/t31?,34-/m1/s1. The van der Waals surface area contributed by atoms with E-state index in [2.05, 4.69) is 25.8 Å². The molecule has 3 saturated heterocycles. The average molecular weight is 840 g/mol. The summed E-state index contributed by atoms with van der Waals surface area (Å²) >= 11 is 0. The number of β-amino-alcohol motifs (C(OH)–C–C–N with tert-alkyl or cyclic N) is 1. The summed E-state index contributed by atoms with van der Waals surface area (Å²) in [6.07, 6.45) is 7.82. The number of hydrogen-bond donors (Lipinski definition) is 4. The van der Waals surface area contributed by atoms with Crippen LogP contribution < -0.4 is 35.4 Å². The molecule has 0 radical (unpaired) electrons. The molecule has 4 aliphatic heterocycles. The van der Waals surface area contributed by atoms with Crippen molar-refractivity contribution >= 4 is 52.5 Å². The van der Waals surface area contributed by atoms with E-state index in [0.717, 1.165) is 38.8 Å². The van der Waals surface area contributed by atoms with Crippen LogP contribution in [-0.4, -0.2) is 114 Å². The van der Waals surface area contributed by atoms with Gasteiger partial charge in [-0.25, -0.2) is 9.37 Å². The van der Waals surface area contributed by atoms with E-state index in [-0.39, 0.29) is 53.6 Å². The molecule has 5 aliphatic rings. The Morgan fingerprint density at radius 2 is 1.77 bits per heavy atom. The fraction of sp³-hybridized carbons (Fsp3) is 0.556. The molecule has 1 saturated carbocycles. The summed E-state index contributed by atoms with van der Waals surface area (Å²) in [4.78, 5) is 67.6. The van der Waals surface area contributed by atoms with Gasteiger partial charge in [-0.2, -0.15) is 4.98 Å². The molecule has 0 bridgehead atoms. The lowest BCUT2D eigenvalue weighted by Gasteiger charge is -2.53. The number of methoxy groups -OCH3 is 1. The number of aromatic nitrogens is 2. The van der Waals surface area contributed by atoms with Gasteiger partial charge in [0.2, 0.25) is 23.7 Å². The molecule has 16 heteroatoms. The highest BCUT2D eigenvalue weighted by atomic mass is 19.1. The number of imide groups is 1. The quantitative estimate of drug-likeness (QED) is 0.194. The second-order valence-corrected chi connectivity index (χ2v) is 18.0. The molecule has 1 unspecified atom stereocenters. The van der Waals surface area contributed by atoms with Crippen LogP contribution in [0.15, 0.2) is 42.6 Å². The van der Waals surface area contributed by atoms with Crippen molar-refractivity contribution in [2.45, 2.75) is 108 Å². The van der Waals surface area contributed by atoms with Gasteiger partial charge in [0, 0.05) is 50.7 Å². The number of fused-ring (bicyclic) bond motifs is 1. The lowest BCUT2D eigenvalue weighted by Crippen LogP contribution is -2.57. The molecule has 61 heavy (non-hydrogen) atoms. The van der Waals surface area contributed by atoms with Crippen molar-refractivity contribution in [2.24, 2.45) is 5.41 Å². The van der Waals surface area contributed by atoms with Crippen molar-refractivity contribution < 1.29 is 33.4 Å². The maximum atomic E-state index is 15.3. The van der Waals surface area contributed by atoms with Gasteiger partial charge in [0.25, 0.3) is 5.91 Å². The van der Waals surface area contributed by atoms with Crippen molar-refractivity contribution in [3.8, 4) is 5.75 Å². The predicted molar refractivity (Wildman–Crippen MR) is 230 cm³/mol. The van der Waals surface area contributed by atoms with Crippen LogP contribution in [0.2, 0.25) is 0 Å². The molecule has 15 nitrogen and oxygen atoms in total. The lowest BCUT2D eigenvalue weighted by molar-refractivity contribution is -0.134. The summed E-state index contributed by atoms with van der Waals surface area (Å²) < 4.78 is 21.0. The van der Waals surface area contributed by atoms with E-state index < -0.39 is 17.3 Å². The highest BCUT2D eigenvalue weighted by Gasteiger charge is 2.47. The first-order valence-corrected chi connectivity index (χ1v) is 21.7. The Bertz CT molecular complexity index is 2180. The van der Waals surface area contributed by atoms with Crippen molar-refractivity contribution in [3.63, 3.8) is 0 Å². The van der Waals surface area contributed by atoms with Crippen molar-refractivity contribution in [3.05, 3.63) is 59.5 Å². The van der Waals surface area contributed by atoms with E-state index in [1.165, 1.54) is 6.07 Å². The van der Waals surface area contributed by atoms with E-state index in [1.807, 2.05) is 30.6 Å². The van der Waals surface area contributed by atoms with Crippen LogP contribution in [0.4, 0.5) is 33.2 Å². The molecule has 3 aromatic rings. The largest absolute Gasteiger partial charge is 0.495 e. The topological polar surface area (TPSA) is 173 Å². The first-order chi connectivity index (χ1) is 29.2. The van der Waals surface area contributed by atoms with E-state index in [1.54, 1.807) is 55.6 Å². The zero-order valence-electron chi connectivity index (χ0n) is 35.8. The number of nitrogens with one attached hydrogen (secondary N) is 3. The number of carbonyl (C=O) groups excluding carboxylic acids is 4. The highest BCUT2D eigenvalue weighted by Crippen LogP contribution is 2.49. The van der Waals surface area contributed by atoms with Crippen molar-refractivity contribution in [1.82, 2.24) is 25.5 Å². The van der Waals surface area contributed by atoms with Crippen LogP contribution in [0.1, 0.15) is 100 Å². The minimum atomic E-state index is -0.855. The molecule has 1 spiro atoms. The molecule has 8 rings (SSSR count). The second-order valence-electron chi connectivity index (χ2n) is 18.0. The first kappa shape index (κ1) is 42.3. The molecule has 4 amide bonds. The fourth-order valence-corrected chi connectivity index (χ4v) is 10.2. The maximum Gasteiger partial charge on any atom is 0.251 e. The Kier molecular flexibility index (Phi) is 11.7. The van der Waals surface area contributed by atoms with Gasteiger partial charge in [-0.05, 0) is 120 Å². The number of carbonyl (C=O) groups is 4. The number of ether oxygens (including phenoxy) is 1. The number of anilines is 5. The molecule has 5 heterocycles. The Balaban J connectivity index is 0.801. The summed E-state index contributed by atoms with van der Waals surface area (Å²) in [6.45, 7) is 9.47. The van der Waals surface area contributed by atoms with Crippen LogP contribution in [-0.2, 0) is 14.4 Å². The van der Waals surface area contributed by atoms with Gasteiger partial charge in [-0.15, -0.1) is 0 Å². The molecular formula is C45H58FN9O6. The average Bonchev–Trinajstić information content (AvgIpc) is 3.22. The van der Waals surface area contributed by atoms with Gasteiger partial charge in [0.15, 0.2) is 5.82 Å². The molecular weight excluding hydrogens is 782 g/mol. The number of likely N-dealkylation sites (N-methyl/N-ethyl adjacent to an activating group) is 1. The lowest BCUT2D eigenvalue weighted by atomic mass is 9.60. The highest BCUT2D eigenvalue weighted by molar-refractivity contribution is 6.04. The molecule has 1 aliphatic carbocycles. The third kappa shape index (κ3) is 8.48. The third-order valence-corrected chi connectivity index (χ3v) is 13.7. The SMILES string of the molecule is CC[C@@H]1C(=O)N(C)c2cnc(Nc3ccc(C(=O)NC4CC5(CCN(CC6(O)CCN(c7ccc(C8CCC(=O)NC8=O)cc7F)CC6)CC5)C4)cc3OC)nc2N1C(C)C. The van der Waals surface area contributed by atoms with Crippen LogP contribution in [0.3, 0.4) is 0 Å². The third-order valence-electron chi connectivity index (χ3n) is 13.7. The fourth-order valence-electron chi connectivity index (χ4n) is 10.2. The van der Waals surface area contributed by atoms with E-state index in [9.17, 15) is 24.3 Å². The summed E-state index contributed by atoms with van der Waals surface area (Å²) in [5, 5.41) is 20.4. The van der Waals surface area contributed by atoms with Gasteiger partial charge < -0.3 is 40.1 Å². The number of piperidine rings is 3. The zero-order chi connectivity index (χ0) is 43.2. The van der Waals surface area contributed by atoms with Crippen molar-refractivity contribution in [2.75, 3.05) is 66.9 Å². The monoisotopic (exact) mass is 839 g/mol. The number of likely N-dealkylation sites (tertiary alicyclic amines) is 1. The van der Waals surface area contributed by atoms with Crippen LogP contribution in [0.25, 0.3) is 0 Å². The van der Waals surface area contributed by atoms with Gasteiger partial charge in [0.05, 0.1) is 36.2 Å². The van der Waals surface area contributed by atoms with Crippen LogP contribution >= 0.6 is 0 Å². The Morgan fingerprint density at radius 3 is 2.43 bits per heavy atom. The molecule has 326 valence electrons. The van der Waals surface area contributed by atoms with Crippen LogP contribution in [0, 0.1) is 11.2 Å². The second kappa shape index (κ2) is 16.8. The number of nitrogens with zero attached hydrogens (tertiary/aromatic N) is 6. The van der Waals surface area contributed by atoms with Crippen molar-refractivity contribution in [1.29, 1.82) is 0 Å². The Morgan fingerprint density at radius 1 is 1.03 bits per heavy atom. The first-order valence-electron chi connectivity index (χ1n) is 21.7. The number of benzene rings is 2. The van der Waals surface area contributed by atoms with Gasteiger partial charge in [0.1, 0.15) is 23.3 Å². The van der Waals surface area contributed by atoms with E-state index in [4.69, 9.17) is 9.72 Å². The normalized spacial score (nSPS) is 22.8. The summed E-state index contributed by atoms with van der Waals surface area (Å²) in [5.74, 6) is -0.238. The van der Waals surface area contributed by atoms with E-state index in [0.29, 0.717) is 91.0 Å². The summed E-state index contributed by atoms with van der Waals surface area (Å²) in [7, 11) is 3.31. The molecule has 2 aromatic carbocycles. The summed E-state index contributed by atoms with van der Waals surface area (Å²) in [5.41, 5.74) is 2.12. The number of halogens is 1. The predicted octanol–water partition coefficient (Wildman–Crippen LogP) is 4.86. The minimum Gasteiger partial charge on any atom is -0.495 e. The zero-order valence-corrected chi connectivity index (χ0v) is 35.8. The molecule has 2 atom stereocenters. The molecule has 1 aromatic heterocycles.